The van der Waals surface area contributed by atoms with Gasteiger partial charge in [0.25, 0.3) is 0 Å². The average Bonchev–Trinajstić information content (AvgIpc) is 2.61. The fraction of sp³-hybridized carbons (Fsp3) is 0.182. The van der Waals surface area contributed by atoms with E-state index in [4.69, 9.17) is 16.7 Å². The van der Waals surface area contributed by atoms with Gasteiger partial charge < -0.3 is 5.11 Å². The minimum Gasteiger partial charge on any atom is -0.390 e. The first-order valence-corrected chi connectivity index (χ1v) is 4.98. The van der Waals surface area contributed by atoms with Crippen molar-refractivity contribution in [1.29, 1.82) is 0 Å². The molecule has 78 valence electrons. The van der Waals surface area contributed by atoms with E-state index in [9.17, 15) is 0 Å². The van der Waals surface area contributed by atoms with Crippen molar-refractivity contribution in [3.8, 4) is 11.3 Å². The number of aliphatic hydroxyl groups is 1. The summed E-state index contributed by atoms with van der Waals surface area (Å²) in [5.41, 5.74) is 2.67. The molecule has 3 nitrogen and oxygen atoms in total. The molecule has 0 unspecified atom stereocenters. The highest BCUT2D eigenvalue weighted by Crippen LogP contribution is 2.21. The van der Waals surface area contributed by atoms with E-state index in [1.54, 1.807) is 4.68 Å². The van der Waals surface area contributed by atoms with Crippen molar-refractivity contribution in [2.75, 3.05) is 0 Å². The lowest BCUT2D eigenvalue weighted by Gasteiger charge is -2.01. The lowest BCUT2D eigenvalue weighted by atomic mass is 10.1. The van der Waals surface area contributed by atoms with Crippen LogP contribution in [0.1, 0.15) is 5.69 Å². The Morgan fingerprint density at radius 2 is 2.00 bits per heavy atom. The quantitative estimate of drug-likeness (QED) is 0.846. The van der Waals surface area contributed by atoms with Gasteiger partial charge in [0, 0.05) is 12.1 Å². The molecule has 0 saturated carbocycles. The Kier molecular flexibility index (Phi) is 2.75. The van der Waals surface area contributed by atoms with Crippen LogP contribution in [0.15, 0.2) is 30.3 Å². The molecule has 0 aliphatic rings. The fourth-order valence-electron chi connectivity index (χ4n) is 1.49. The molecule has 0 aliphatic carbocycles. The Balaban J connectivity index is 2.44. The van der Waals surface area contributed by atoms with Crippen molar-refractivity contribution in [2.45, 2.75) is 6.61 Å². The molecule has 0 atom stereocenters. The van der Waals surface area contributed by atoms with Gasteiger partial charge in [-0.2, -0.15) is 5.10 Å². The van der Waals surface area contributed by atoms with Crippen LogP contribution in [-0.2, 0) is 13.7 Å². The maximum atomic E-state index is 8.97. The van der Waals surface area contributed by atoms with E-state index in [0.29, 0.717) is 10.7 Å². The van der Waals surface area contributed by atoms with Gasteiger partial charge in [-0.1, -0.05) is 23.7 Å². The summed E-state index contributed by atoms with van der Waals surface area (Å²) in [6.07, 6.45) is 0. The predicted octanol–water partition coefficient (Wildman–Crippen LogP) is 2.23. The summed E-state index contributed by atoms with van der Waals surface area (Å²) in [6.45, 7) is -0.0402. The van der Waals surface area contributed by atoms with Crippen LogP contribution in [0.3, 0.4) is 0 Å². The molecule has 1 N–H and O–H groups in total. The first kappa shape index (κ1) is 10.2. The van der Waals surface area contributed by atoms with Gasteiger partial charge in [-0.3, -0.25) is 4.68 Å². The summed E-state index contributed by atoms with van der Waals surface area (Å²) in [4.78, 5) is 0. The molecule has 0 saturated heterocycles. The number of hydrogen-bond donors (Lipinski definition) is 1. The Morgan fingerprint density at radius 3 is 2.53 bits per heavy atom. The van der Waals surface area contributed by atoms with Crippen LogP contribution in [0.5, 0.6) is 0 Å². The molecule has 2 rings (SSSR count). The molecule has 0 amide bonds. The van der Waals surface area contributed by atoms with Gasteiger partial charge in [-0.15, -0.1) is 0 Å². The Bertz CT molecular complexity index is 462. The van der Waals surface area contributed by atoms with Crippen molar-refractivity contribution in [3.05, 3.63) is 41.0 Å². The highest BCUT2D eigenvalue weighted by molar-refractivity contribution is 6.30. The van der Waals surface area contributed by atoms with Crippen LogP contribution in [0.4, 0.5) is 0 Å². The fourth-order valence-corrected chi connectivity index (χ4v) is 1.62. The zero-order chi connectivity index (χ0) is 10.8. The SMILES string of the molecule is Cn1nc(CO)cc1-c1ccc(Cl)cc1. The summed E-state index contributed by atoms with van der Waals surface area (Å²) < 4.78 is 1.74. The minimum absolute atomic E-state index is 0.0402. The van der Waals surface area contributed by atoms with Crippen LogP contribution >= 0.6 is 11.6 Å². The van der Waals surface area contributed by atoms with Gasteiger partial charge in [0.15, 0.2) is 0 Å². The number of aryl methyl sites for hydroxylation is 1. The minimum atomic E-state index is -0.0402. The van der Waals surface area contributed by atoms with Gasteiger partial charge in [-0.25, -0.2) is 0 Å². The summed E-state index contributed by atoms with van der Waals surface area (Å²) in [6, 6.07) is 9.40. The number of aromatic nitrogens is 2. The monoisotopic (exact) mass is 222 g/mol. The largest absolute Gasteiger partial charge is 0.390 e. The van der Waals surface area contributed by atoms with Gasteiger partial charge in [-0.05, 0) is 23.8 Å². The molecule has 1 aromatic heterocycles. The topological polar surface area (TPSA) is 38.0 Å². The van der Waals surface area contributed by atoms with E-state index in [2.05, 4.69) is 5.10 Å². The number of hydrogen-bond acceptors (Lipinski definition) is 2. The van der Waals surface area contributed by atoms with Crippen LogP contribution in [0.2, 0.25) is 5.02 Å². The van der Waals surface area contributed by atoms with Crippen molar-refractivity contribution in [1.82, 2.24) is 9.78 Å². The van der Waals surface area contributed by atoms with Crippen molar-refractivity contribution < 1.29 is 5.11 Å². The number of nitrogens with zero attached hydrogens (tertiary/aromatic N) is 2. The summed E-state index contributed by atoms with van der Waals surface area (Å²) in [5, 5.41) is 13.8. The standard InChI is InChI=1S/C11H11ClN2O/c1-14-11(6-10(7-15)13-14)8-2-4-9(12)5-3-8/h2-6,15H,7H2,1H3. The lowest BCUT2D eigenvalue weighted by Crippen LogP contribution is -1.94. The summed E-state index contributed by atoms with van der Waals surface area (Å²) in [7, 11) is 1.85. The molecule has 2 aromatic rings. The van der Waals surface area contributed by atoms with E-state index in [1.165, 1.54) is 0 Å². The summed E-state index contributed by atoms with van der Waals surface area (Å²) >= 11 is 5.81. The molecule has 1 aromatic carbocycles. The van der Waals surface area contributed by atoms with E-state index < -0.39 is 0 Å². The van der Waals surface area contributed by atoms with Crippen molar-refractivity contribution in [3.63, 3.8) is 0 Å². The lowest BCUT2D eigenvalue weighted by molar-refractivity contribution is 0.275. The molecule has 0 aliphatic heterocycles. The Morgan fingerprint density at radius 1 is 1.33 bits per heavy atom. The Hall–Kier alpha value is -1.32. The van der Waals surface area contributed by atoms with Gasteiger partial charge >= 0.3 is 0 Å². The van der Waals surface area contributed by atoms with Crippen LogP contribution in [0.25, 0.3) is 11.3 Å². The van der Waals surface area contributed by atoms with Crippen LogP contribution in [0, 0.1) is 0 Å². The smallest absolute Gasteiger partial charge is 0.0885 e. The zero-order valence-corrected chi connectivity index (χ0v) is 9.07. The first-order valence-electron chi connectivity index (χ1n) is 4.60. The number of aliphatic hydroxyl groups excluding tert-OH is 1. The number of rotatable bonds is 2. The normalized spacial score (nSPS) is 10.6. The van der Waals surface area contributed by atoms with Crippen LogP contribution < -0.4 is 0 Å². The second-order valence-electron chi connectivity index (χ2n) is 3.31. The zero-order valence-electron chi connectivity index (χ0n) is 8.31. The molecular weight excluding hydrogens is 212 g/mol. The molecule has 0 spiro atoms. The first-order chi connectivity index (χ1) is 7.20. The number of halogens is 1. The number of benzene rings is 1. The third kappa shape index (κ3) is 2.03. The van der Waals surface area contributed by atoms with Crippen molar-refractivity contribution >= 4 is 11.6 Å². The highest BCUT2D eigenvalue weighted by Gasteiger charge is 2.06. The third-order valence-corrected chi connectivity index (χ3v) is 2.48. The maximum Gasteiger partial charge on any atom is 0.0885 e. The molecule has 1 heterocycles. The molecule has 0 radical (unpaired) electrons. The Labute approximate surface area is 92.9 Å². The third-order valence-electron chi connectivity index (χ3n) is 2.23. The van der Waals surface area contributed by atoms with Crippen LogP contribution in [-0.4, -0.2) is 14.9 Å². The van der Waals surface area contributed by atoms with Crippen molar-refractivity contribution in [2.24, 2.45) is 7.05 Å². The predicted molar refractivity (Wildman–Crippen MR) is 59.6 cm³/mol. The van der Waals surface area contributed by atoms with E-state index in [-0.39, 0.29) is 6.61 Å². The molecule has 0 bridgehead atoms. The second-order valence-corrected chi connectivity index (χ2v) is 3.75. The summed E-state index contributed by atoms with van der Waals surface area (Å²) in [5.74, 6) is 0. The molecule has 4 heteroatoms. The van der Waals surface area contributed by atoms with Gasteiger partial charge in [0.05, 0.1) is 18.0 Å². The second kappa shape index (κ2) is 4.04. The van der Waals surface area contributed by atoms with E-state index in [1.807, 2.05) is 37.4 Å². The highest BCUT2D eigenvalue weighted by atomic mass is 35.5. The van der Waals surface area contributed by atoms with E-state index >= 15 is 0 Å². The maximum absolute atomic E-state index is 8.97. The average molecular weight is 223 g/mol. The molecular formula is C11H11ClN2O. The molecule has 0 fully saturated rings. The molecule has 15 heavy (non-hydrogen) atoms. The van der Waals surface area contributed by atoms with E-state index in [0.717, 1.165) is 11.3 Å². The van der Waals surface area contributed by atoms with Gasteiger partial charge in [0.2, 0.25) is 0 Å². The van der Waals surface area contributed by atoms with Gasteiger partial charge in [0.1, 0.15) is 0 Å².